The predicted octanol–water partition coefficient (Wildman–Crippen LogP) is 3.05. The van der Waals surface area contributed by atoms with Crippen LogP contribution < -0.4 is 26.4 Å². The van der Waals surface area contributed by atoms with Crippen LogP contribution in [-0.2, 0) is 14.3 Å². The van der Waals surface area contributed by atoms with E-state index in [4.69, 9.17) is 31.8 Å². The molecule has 6 N–H and O–H groups in total. The quantitative estimate of drug-likeness (QED) is 0.0850. The summed E-state index contributed by atoms with van der Waals surface area (Å²) in [5, 5.41) is 39.8. The first-order valence-corrected chi connectivity index (χ1v) is 17.6. The second-order valence-corrected chi connectivity index (χ2v) is 13.7. The van der Waals surface area contributed by atoms with E-state index in [-0.39, 0.29) is 50.7 Å². The number of carbonyl (C=O) groups excluding carboxylic acids is 3. The molecule has 268 valence electrons. The van der Waals surface area contributed by atoms with Gasteiger partial charge in [-0.15, -0.1) is 10.2 Å². The van der Waals surface area contributed by atoms with Crippen LogP contribution in [-0.4, -0.2) is 87.4 Å². The van der Waals surface area contributed by atoms with Crippen LogP contribution in [0.25, 0.3) is 5.00 Å². The van der Waals surface area contributed by atoms with E-state index >= 15 is 0 Å². The van der Waals surface area contributed by atoms with Gasteiger partial charge in [0.05, 0.1) is 23.5 Å². The Labute approximate surface area is 306 Å². The van der Waals surface area contributed by atoms with Gasteiger partial charge in [0, 0.05) is 37.0 Å². The van der Waals surface area contributed by atoms with Gasteiger partial charge in [-0.3, -0.25) is 34.7 Å². The number of nitrogens with zero attached hydrogens (tertiary/aromatic N) is 6. The number of halogens is 1. The molecule has 7 rings (SSSR count). The molecule has 2 aromatic heterocycles. The SMILES string of the molecule is CNc1sc2c(c1N)C(c1ccc(Cl)cc1)=NC(CC(O)NCCOc1ccc(C3CN(C4CCC(=O)NC4=O)C(=O)O3)cc1)c1nnc(C#N)n1-2. The van der Waals surface area contributed by atoms with Crippen LogP contribution in [0, 0.1) is 11.3 Å². The number of piperidine rings is 1. The highest BCUT2D eigenvalue weighted by Crippen LogP contribution is 2.44. The van der Waals surface area contributed by atoms with E-state index < -0.39 is 36.4 Å². The Kier molecular flexibility index (Phi) is 9.79. The van der Waals surface area contributed by atoms with Gasteiger partial charge in [-0.25, -0.2) is 4.79 Å². The lowest BCUT2D eigenvalue weighted by molar-refractivity contribution is -0.136. The van der Waals surface area contributed by atoms with Gasteiger partial charge in [0.1, 0.15) is 52.8 Å². The van der Waals surface area contributed by atoms with E-state index in [9.17, 15) is 24.8 Å². The highest BCUT2D eigenvalue weighted by molar-refractivity contribution is 7.19. The monoisotopic (exact) mass is 744 g/mol. The molecular formula is C34H33ClN10O6S. The van der Waals surface area contributed by atoms with Gasteiger partial charge in [-0.2, -0.15) is 5.26 Å². The molecule has 0 bridgehead atoms. The molecular weight excluding hydrogens is 712 g/mol. The molecule has 18 heteroatoms. The fourth-order valence-electron chi connectivity index (χ4n) is 6.41. The van der Waals surface area contributed by atoms with E-state index in [0.29, 0.717) is 43.6 Å². The molecule has 3 aliphatic heterocycles. The number of fused-ring (bicyclic) bond motifs is 3. The zero-order valence-electron chi connectivity index (χ0n) is 27.7. The average Bonchev–Trinajstić information content (AvgIpc) is 3.81. The van der Waals surface area contributed by atoms with E-state index in [1.54, 1.807) is 48.0 Å². The topological polar surface area (TPSA) is 222 Å². The van der Waals surface area contributed by atoms with Crippen LogP contribution in [0.15, 0.2) is 53.5 Å². The number of aliphatic hydroxyl groups excluding tert-OH is 1. The third-order valence-electron chi connectivity index (χ3n) is 8.96. The van der Waals surface area contributed by atoms with Crippen LogP contribution >= 0.6 is 22.9 Å². The van der Waals surface area contributed by atoms with Crippen molar-refractivity contribution in [2.75, 3.05) is 37.8 Å². The Balaban J connectivity index is 0.995. The zero-order chi connectivity index (χ0) is 36.5. The van der Waals surface area contributed by atoms with Gasteiger partial charge in [-0.1, -0.05) is 47.2 Å². The lowest BCUT2D eigenvalue weighted by Gasteiger charge is -2.27. The Hall–Kier alpha value is -5.54. The summed E-state index contributed by atoms with van der Waals surface area (Å²) in [5.74, 6) is 0.168. The lowest BCUT2D eigenvalue weighted by Crippen LogP contribution is -2.52. The first-order valence-electron chi connectivity index (χ1n) is 16.4. The summed E-state index contributed by atoms with van der Waals surface area (Å²) in [6.45, 7) is 0.691. The molecule has 0 saturated carbocycles. The van der Waals surface area contributed by atoms with Gasteiger partial charge < -0.3 is 25.6 Å². The fourth-order valence-corrected chi connectivity index (χ4v) is 7.62. The first kappa shape index (κ1) is 34.9. The van der Waals surface area contributed by atoms with Gasteiger partial charge in [-0.05, 0) is 36.2 Å². The van der Waals surface area contributed by atoms with Crippen molar-refractivity contribution in [1.29, 1.82) is 5.26 Å². The normalized spacial score (nSPS) is 20.2. The minimum Gasteiger partial charge on any atom is -0.492 e. The zero-order valence-corrected chi connectivity index (χ0v) is 29.3. The van der Waals surface area contributed by atoms with Gasteiger partial charge in [0.2, 0.25) is 17.6 Å². The number of hydrogen-bond donors (Lipinski definition) is 5. The Bertz CT molecular complexity index is 2090. The van der Waals surface area contributed by atoms with Crippen molar-refractivity contribution in [2.45, 2.75) is 43.7 Å². The summed E-state index contributed by atoms with van der Waals surface area (Å²) >= 11 is 7.54. The number of nitriles is 1. The van der Waals surface area contributed by atoms with Crippen LogP contribution in [0.1, 0.15) is 59.7 Å². The van der Waals surface area contributed by atoms with E-state index in [2.05, 4.69) is 32.2 Å². The van der Waals surface area contributed by atoms with Gasteiger partial charge >= 0.3 is 6.09 Å². The van der Waals surface area contributed by atoms with Crippen molar-refractivity contribution in [2.24, 2.45) is 4.99 Å². The summed E-state index contributed by atoms with van der Waals surface area (Å²) < 4.78 is 13.0. The highest BCUT2D eigenvalue weighted by atomic mass is 35.5. The van der Waals surface area contributed by atoms with Crippen LogP contribution in [0.5, 0.6) is 5.75 Å². The summed E-state index contributed by atoms with van der Waals surface area (Å²) in [5.41, 5.74) is 9.76. The summed E-state index contributed by atoms with van der Waals surface area (Å²) in [6, 6.07) is 14.9. The molecule has 0 spiro atoms. The number of rotatable bonds is 11. The maximum Gasteiger partial charge on any atom is 0.411 e. The standard InChI is InChI=1S/C34H33ClN10O6S/c1-38-32-28(37)27-29(18-2-6-19(35)7-3-18)40-21(30-43-42-24(15-36)45(30)33(27)52-32)14-26(47)39-12-13-50-20-8-4-17(5-9-20)23-16-44(34(49)51-23)22-10-11-25(46)41-31(22)48/h2-9,21-23,26,38-39,47H,10-14,16,37H2,1H3,(H,41,46,48). The maximum absolute atomic E-state index is 12.5. The molecule has 0 aliphatic carbocycles. The fraction of sp³-hybridized carbons (Fsp3) is 0.324. The third-order valence-corrected chi connectivity index (χ3v) is 10.4. The van der Waals surface area contributed by atoms with E-state index in [1.807, 2.05) is 12.1 Å². The second kappa shape index (κ2) is 14.6. The highest BCUT2D eigenvalue weighted by Gasteiger charge is 2.42. The summed E-state index contributed by atoms with van der Waals surface area (Å²) in [6.07, 6.45) is -1.69. The van der Waals surface area contributed by atoms with E-state index in [0.717, 1.165) is 11.1 Å². The van der Waals surface area contributed by atoms with Crippen molar-refractivity contribution in [3.63, 3.8) is 0 Å². The molecule has 4 atom stereocenters. The molecule has 4 unspecified atom stereocenters. The number of carbonyl (C=O) groups is 3. The van der Waals surface area contributed by atoms with Crippen LogP contribution in [0.3, 0.4) is 0 Å². The molecule has 2 aromatic carbocycles. The molecule has 0 radical (unpaired) electrons. The van der Waals surface area contributed by atoms with Gasteiger partial charge in [0.15, 0.2) is 5.82 Å². The lowest BCUT2D eigenvalue weighted by atomic mass is 10.0. The van der Waals surface area contributed by atoms with E-state index in [1.165, 1.54) is 16.2 Å². The number of nitrogen functional groups attached to an aromatic ring is 1. The molecule has 2 saturated heterocycles. The largest absolute Gasteiger partial charge is 0.492 e. The third kappa shape index (κ3) is 6.76. The number of hydrogen-bond acceptors (Lipinski definition) is 14. The Morgan fingerprint density at radius 1 is 1.19 bits per heavy atom. The number of nitrogens with two attached hydrogens (primary N) is 1. The summed E-state index contributed by atoms with van der Waals surface area (Å²) in [7, 11) is 1.76. The molecule has 5 heterocycles. The molecule has 3 aliphatic rings. The van der Waals surface area contributed by atoms with Crippen molar-refractivity contribution in [1.82, 2.24) is 30.3 Å². The number of benzene rings is 2. The van der Waals surface area contributed by atoms with Gasteiger partial charge in [0.25, 0.3) is 0 Å². The number of amides is 3. The molecule has 2 fully saturated rings. The second-order valence-electron chi connectivity index (χ2n) is 12.2. The van der Waals surface area contributed by atoms with Crippen molar-refractivity contribution < 1.29 is 29.0 Å². The number of aromatic nitrogens is 3. The Morgan fingerprint density at radius 3 is 2.67 bits per heavy atom. The molecule has 16 nitrogen and oxygen atoms in total. The average molecular weight is 745 g/mol. The van der Waals surface area contributed by atoms with Crippen molar-refractivity contribution in [3.8, 4) is 16.8 Å². The number of anilines is 2. The van der Waals surface area contributed by atoms with Crippen molar-refractivity contribution >= 4 is 57.2 Å². The number of ether oxygens (including phenoxy) is 2. The minimum atomic E-state index is -1.03. The maximum atomic E-state index is 12.5. The first-order chi connectivity index (χ1) is 25.1. The predicted molar refractivity (Wildman–Crippen MR) is 190 cm³/mol. The smallest absolute Gasteiger partial charge is 0.411 e. The number of cyclic esters (lactones) is 1. The number of aliphatic imine (C=N–C) groups is 1. The number of aliphatic hydroxyl groups is 1. The number of nitrogens with one attached hydrogen (secondary N) is 3. The minimum absolute atomic E-state index is 0.0670. The molecule has 3 amide bonds. The molecule has 52 heavy (non-hydrogen) atoms. The summed E-state index contributed by atoms with van der Waals surface area (Å²) in [4.78, 5) is 42.7. The molecule has 4 aromatic rings. The van der Waals surface area contributed by atoms with Crippen LogP contribution in [0.4, 0.5) is 15.5 Å². The number of thiophene rings is 1. The Morgan fingerprint density at radius 2 is 1.96 bits per heavy atom. The van der Waals surface area contributed by atoms with Crippen LogP contribution in [0.2, 0.25) is 5.02 Å². The number of imide groups is 1. The van der Waals surface area contributed by atoms with Crippen molar-refractivity contribution in [3.05, 3.63) is 81.9 Å².